The predicted octanol–water partition coefficient (Wildman–Crippen LogP) is 0.353. The van der Waals surface area contributed by atoms with E-state index in [4.69, 9.17) is 14.2 Å². The Labute approximate surface area is 48.5 Å². The Bertz CT molecular complexity index is 77.7. The van der Waals surface area contributed by atoms with E-state index in [0.717, 1.165) is 0 Å². The SMILES string of the molecule is CCOC1(OC)CO1. The highest BCUT2D eigenvalue weighted by Crippen LogP contribution is 2.28. The molecule has 0 amide bonds. The molecule has 1 fully saturated rings. The highest BCUT2D eigenvalue weighted by molar-refractivity contribution is 4.68. The summed E-state index contributed by atoms with van der Waals surface area (Å²) in [5.41, 5.74) is 0. The molecule has 1 saturated heterocycles. The molecule has 0 saturated carbocycles. The van der Waals surface area contributed by atoms with Crippen molar-refractivity contribution >= 4 is 0 Å². The maximum absolute atomic E-state index is 5.05. The van der Waals surface area contributed by atoms with Crippen molar-refractivity contribution in [3.63, 3.8) is 0 Å². The van der Waals surface area contributed by atoms with E-state index in [9.17, 15) is 0 Å². The normalized spacial score (nSPS) is 35.2. The van der Waals surface area contributed by atoms with E-state index < -0.39 is 5.97 Å². The fraction of sp³-hybridized carbons (Fsp3) is 1.00. The van der Waals surface area contributed by atoms with Gasteiger partial charge in [-0.05, 0) is 6.92 Å². The van der Waals surface area contributed by atoms with Crippen LogP contribution in [0.4, 0.5) is 0 Å². The quantitative estimate of drug-likeness (QED) is 0.396. The fourth-order valence-electron chi connectivity index (χ4n) is 0.539. The Balaban J connectivity index is 2.20. The highest BCUT2D eigenvalue weighted by atomic mass is 16.9. The third-order valence-corrected chi connectivity index (χ3v) is 1.06. The topological polar surface area (TPSA) is 31.0 Å². The van der Waals surface area contributed by atoms with Crippen molar-refractivity contribution in [1.82, 2.24) is 0 Å². The van der Waals surface area contributed by atoms with Crippen LogP contribution in [0.2, 0.25) is 0 Å². The summed E-state index contributed by atoms with van der Waals surface area (Å²) in [6.45, 7) is 3.10. The summed E-state index contributed by atoms with van der Waals surface area (Å²) in [6, 6.07) is 0. The number of ether oxygens (including phenoxy) is 3. The van der Waals surface area contributed by atoms with Gasteiger partial charge in [-0.3, -0.25) is 0 Å². The summed E-state index contributed by atoms with van der Waals surface area (Å²) in [6.07, 6.45) is 0. The monoisotopic (exact) mass is 118 g/mol. The first-order valence-electron chi connectivity index (χ1n) is 2.66. The highest BCUT2D eigenvalue weighted by Gasteiger charge is 2.47. The van der Waals surface area contributed by atoms with Crippen LogP contribution in [-0.4, -0.2) is 26.3 Å². The molecule has 0 aromatic rings. The number of epoxide rings is 1. The van der Waals surface area contributed by atoms with Gasteiger partial charge in [0.1, 0.15) is 6.61 Å². The number of hydrogen-bond donors (Lipinski definition) is 0. The van der Waals surface area contributed by atoms with Gasteiger partial charge in [0.15, 0.2) is 0 Å². The van der Waals surface area contributed by atoms with Crippen molar-refractivity contribution in [2.24, 2.45) is 0 Å². The lowest BCUT2D eigenvalue weighted by atomic mass is 10.7. The first-order chi connectivity index (χ1) is 3.83. The molecule has 1 aliphatic heterocycles. The van der Waals surface area contributed by atoms with Crippen LogP contribution in [0.25, 0.3) is 0 Å². The Morgan fingerprint density at radius 2 is 2.38 bits per heavy atom. The van der Waals surface area contributed by atoms with Crippen LogP contribution in [0.3, 0.4) is 0 Å². The van der Waals surface area contributed by atoms with Crippen LogP contribution in [0.15, 0.2) is 0 Å². The molecule has 0 N–H and O–H groups in total. The van der Waals surface area contributed by atoms with Crippen LogP contribution in [0, 0.1) is 0 Å². The lowest BCUT2D eigenvalue weighted by Gasteiger charge is -2.06. The van der Waals surface area contributed by atoms with Gasteiger partial charge in [0, 0.05) is 13.7 Å². The zero-order chi connectivity index (χ0) is 6.04. The van der Waals surface area contributed by atoms with Crippen molar-refractivity contribution in [3.8, 4) is 0 Å². The van der Waals surface area contributed by atoms with E-state index in [1.54, 1.807) is 7.11 Å². The first kappa shape index (κ1) is 6.01. The molecular formula is C5H10O3. The largest absolute Gasteiger partial charge is 0.329 e. The average Bonchev–Trinajstić information content (AvgIpc) is 2.50. The summed E-state index contributed by atoms with van der Waals surface area (Å²) in [5, 5.41) is 0. The van der Waals surface area contributed by atoms with Gasteiger partial charge in [-0.25, -0.2) is 0 Å². The lowest BCUT2D eigenvalue weighted by molar-refractivity contribution is -0.208. The Morgan fingerprint density at radius 3 is 2.50 bits per heavy atom. The van der Waals surface area contributed by atoms with Crippen LogP contribution in [0.1, 0.15) is 6.92 Å². The van der Waals surface area contributed by atoms with Crippen molar-refractivity contribution in [2.45, 2.75) is 12.9 Å². The molecule has 3 nitrogen and oxygen atoms in total. The van der Waals surface area contributed by atoms with Crippen LogP contribution in [-0.2, 0) is 14.2 Å². The number of hydrogen-bond acceptors (Lipinski definition) is 3. The van der Waals surface area contributed by atoms with Gasteiger partial charge in [0.2, 0.25) is 0 Å². The minimum atomic E-state index is -0.658. The summed E-state index contributed by atoms with van der Waals surface area (Å²) >= 11 is 0. The van der Waals surface area contributed by atoms with E-state index in [2.05, 4.69) is 0 Å². The first-order valence-corrected chi connectivity index (χ1v) is 2.66. The lowest BCUT2D eigenvalue weighted by Crippen LogP contribution is -2.17. The summed E-state index contributed by atoms with van der Waals surface area (Å²) < 4.78 is 14.7. The van der Waals surface area contributed by atoms with Gasteiger partial charge in [0.05, 0.1) is 0 Å². The molecule has 1 heterocycles. The fourth-order valence-corrected chi connectivity index (χ4v) is 0.539. The van der Waals surface area contributed by atoms with E-state index in [-0.39, 0.29) is 0 Å². The summed E-state index contributed by atoms with van der Waals surface area (Å²) in [4.78, 5) is 0. The third kappa shape index (κ3) is 0.992. The van der Waals surface area contributed by atoms with Gasteiger partial charge < -0.3 is 14.2 Å². The van der Waals surface area contributed by atoms with Crippen LogP contribution >= 0.6 is 0 Å². The third-order valence-electron chi connectivity index (χ3n) is 1.06. The summed E-state index contributed by atoms with van der Waals surface area (Å²) in [5.74, 6) is -0.658. The molecule has 0 aromatic carbocycles. The number of rotatable bonds is 3. The van der Waals surface area contributed by atoms with Crippen molar-refractivity contribution in [3.05, 3.63) is 0 Å². The van der Waals surface area contributed by atoms with E-state index in [1.807, 2.05) is 6.92 Å². The van der Waals surface area contributed by atoms with Crippen LogP contribution < -0.4 is 0 Å². The molecule has 1 aliphatic rings. The zero-order valence-electron chi connectivity index (χ0n) is 5.14. The van der Waals surface area contributed by atoms with E-state index in [1.165, 1.54) is 0 Å². The molecule has 0 aromatic heterocycles. The van der Waals surface area contributed by atoms with Crippen molar-refractivity contribution in [2.75, 3.05) is 20.3 Å². The van der Waals surface area contributed by atoms with Gasteiger partial charge in [-0.2, -0.15) is 0 Å². The van der Waals surface area contributed by atoms with Crippen LogP contribution in [0.5, 0.6) is 0 Å². The van der Waals surface area contributed by atoms with Gasteiger partial charge >= 0.3 is 5.97 Å². The molecule has 0 spiro atoms. The van der Waals surface area contributed by atoms with Crippen molar-refractivity contribution < 1.29 is 14.2 Å². The molecule has 48 valence electrons. The van der Waals surface area contributed by atoms with E-state index in [0.29, 0.717) is 13.2 Å². The second kappa shape index (κ2) is 2.01. The molecule has 1 unspecified atom stereocenters. The summed E-state index contributed by atoms with van der Waals surface area (Å²) in [7, 11) is 1.57. The molecule has 3 heteroatoms. The Kier molecular flexibility index (Phi) is 1.51. The average molecular weight is 118 g/mol. The smallest absolute Gasteiger partial charge is 0.308 e. The molecule has 1 rings (SSSR count). The minimum absolute atomic E-state index is 0.567. The zero-order valence-corrected chi connectivity index (χ0v) is 5.14. The van der Waals surface area contributed by atoms with Gasteiger partial charge in [-0.15, -0.1) is 0 Å². The Morgan fingerprint density at radius 1 is 1.75 bits per heavy atom. The predicted molar refractivity (Wildman–Crippen MR) is 27.3 cm³/mol. The molecule has 8 heavy (non-hydrogen) atoms. The molecule has 0 aliphatic carbocycles. The maximum atomic E-state index is 5.05. The molecule has 1 atom stereocenters. The van der Waals surface area contributed by atoms with Gasteiger partial charge in [-0.1, -0.05) is 0 Å². The minimum Gasteiger partial charge on any atom is -0.329 e. The molecule has 0 bridgehead atoms. The van der Waals surface area contributed by atoms with E-state index >= 15 is 0 Å². The van der Waals surface area contributed by atoms with Gasteiger partial charge in [0.25, 0.3) is 0 Å². The van der Waals surface area contributed by atoms with Crippen molar-refractivity contribution in [1.29, 1.82) is 0 Å². The second-order valence-corrected chi connectivity index (χ2v) is 1.61. The standard InChI is InChI=1S/C5H10O3/c1-3-7-5(6-2)4-8-5/h3-4H2,1-2H3. The molecular weight excluding hydrogens is 108 g/mol. The number of methoxy groups -OCH3 is 1. The Hall–Kier alpha value is -0.120. The maximum Gasteiger partial charge on any atom is 0.308 e. The second-order valence-electron chi connectivity index (χ2n) is 1.61. The molecule has 0 radical (unpaired) electrons.